The van der Waals surface area contributed by atoms with Crippen molar-refractivity contribution in [2.75, 3.05) is 5.32 Å². The highest BCUT2D eigenvalue weighted by atomic mass is 35.5. The van der Waals surface area contributed by atoms with Gasteiger partial charge in [0.2, 0.25) is 21.5 Å². The number of halogens is 3. The number of carbonyl (C=O) groups is 1. The van der Waals surface area contributed by atoms with Gasteiger partial charge >= 0.3 is 17.5 Å². The van der Waals surface area contributed by atoms with E-state index in [-0.39, 0.29) is 50.6 Å². The standard InChI is InChI=1S/C13H18ClN5O4.C4HCl2N3O2/c1-13(2,3)18-12(20)23-8-4-7(5-8)16-10-9(19(21)22)6-15-11(14)17-10;5-3-2(9(10)11)1-7-4(6)8-3/h6-8H,4-5H2,1-3H3,(H,18,20)(H,15,16,17);1H. The van der Waals surface area contributed by atoms with Gasteiger partial charge in [0.25, 0.3) is 0 Å². The molecule has 0 bridgehead atoms. The monoisotopic (exact) mass is 536 g/mol. The molecule has 1 aliphatic rings. The third-order valence-corrected chi connectivity index (χ3v) is 4.66. The van der Waals surface area contributed by atoms with Gasteiger partial charge in [0.1, 0.15) is 18.5 Å². The average molecular weight is 538 g/mol. The van der Waals surface area contributed by atoms with E-state index in [0.29, 0.717) is 12.8 Å². The van der Waals surface area contributed by atoms with Gasteiger partial charge in [-0.1, -0.05) is 11.6 Å². The second-order valence-corrected chi connectivity index (χ2v) is 8.95. The zero-order chi connectivity index (χ0) is 25.6. The second-order valence-electron chi connectivity index (χ2n) is 7.92. The number of hydrogen-bond acceptors (Lipinski definition) is 11. The fraction of sp³-hybridized carbons (Fsp3) is 0.471. The number of alkyl carbamates (subject to hydrolysis) is 1. The lowest BCUT2D eigenvalue weighted by Crippen LogP contribution is -2.47. The number of nitro groups is 2. The zero-order valence-electron chi connectivity index (χ0n) is 18.0. The molecule has 0 saturated heterocycles. The van der Waals surface area contributed by atoms with Crippen molar-refractivity contribution in [2.45, 2.75) is 51.3 Å². The van der Waals surface area contributed by atoms with Crippen molar-refractivity contribution in [2.24, 2.45) is 0 Å². The van der Waals surface area contributed by atoms with Crippen LogP contribution in [-0.2, 0) is 4.74 Å². The van der Waals surface area contributed by atoms with Gasteiger partial charge in [0, 0.05) is 24.4 Å². The van der Waals surface area contributed by atoms with Crippen LogP contribution in [0.25, 0.3) is 0 Å². The first-order valence-corrected chi connectivity index (χ1v) is 10.6. The first kappa shape index (κ1) is 27.1. The lowest BCUT2D eigenvalue weighted by Gasteiger charge is -2.35. The van der Waals surface area contributed by atoms with Crippen molar-refractivity contribution >= 4 is 58.1 Å². The van der Waals surface area contributed by atoms with Crippen LogP contribution in [0, 0.1) is 20.2 Å². The van der Waals surface area contributed by atoms with Crippen molar-refractivity contribution in [3.8, 4) is 0 Å². The minimum Gasteiger partial charge on any atom is -0.446 e. The fourth-order valence-electron chi connectivity index (χ4n) is 2.51. The molecule has 1 aliphatic carbocycles. The van der Waals surface area contributed by atoms with Gasteiger partial charge in [-0.2, -0.15) is 9.97 Å². The van der Waals surface area contributed by atoms with E-state index in [9.17, 15) is 25.0 Å². The van der Waals surface area contributed by atoms with Crippen LogP contribution in [0.3, 0.4) is 0 Å². The Labute approximate surface area is 207 Å². The molecule has 0 spiro atoms. The highest BCUT2D eigenvalue weighted by Gasteiger charge is 2.34. The van der Waals surface area contributed by atoms with Crippen LogP contribution in [0.5, 0.6) is 0 Å². The van der Waals surface area contributed by atoms with E-state index < -0.39 is 15.9 Å². The van der Waals surface area contributed by atoms with Crippen LogP contribution in [-0.4, -0.2) is 53.6 Å². The molecule has 184 valence electrons. The molecule has 2 aromatic rings. The third kappa shape index (κ3) is 8.35. The molecule has 2 heterocycles. The maximum absolute atomic E-state index is 11.6. The van der Waals surface area contributed by atoms with Crippen LogP contribution in [0.2, 0.25) is 15.7 Å². The van der Waals surface area contributed by atoms with Gasteiger partial charge in [-0.05, 0) is 44.0 Å². The number of anilines is 1. The maximum atomic E-state index is 11.6. The molecule has 0 aliphatic heterocycles. The molecule has 1 fully saturated rings. The highest BCUT2D eigenvalue weighted by molar-refractivity contribution is 6.33. The van der Waals surface area contributed by atoms with Crippen LogP contribution >= 0.6 is 34.8 Å². The van der Waals surface area contributed by atoms with E-state index >= 15 is 0 Å². The van der Waals surface area contributed by atoms with Gasteiger partial charge in [-0.3, -0.25) is 20.2 Å². The first-order chi connectivity index (χ1) is 15.7. The smallest absolute Gasteiger partial charge is 0.407 e. The topological polar surface area (TPSA) is 188 Å². The molecule has 2 N–H and O–H groups in total. The van der Waals surface area contributed by atoms with Crippen molar-refractivity contribution in [3.05, 3.63) is 48.3 Å². The number of aromatic nitrogens is 4. The Morgan fingerprint density at radius 1 is 1.03 bits per heavy atom. The molecular formula is C17H19Cl3N8O6. The Morgan fingerprint density at radius 3 is 2.06 bits per heavy atom. The number of rotatable bonds is 5. The molecule has 1 saturated carbocycles. The Hall–Kier alpha value is -3.10. The molecular weight excluding hydrogens is 519 g/mol. The number of ether oxygens (including phenoxy) is 1. The van der Waals surface area contributed by atoms with Gasteiger partial charge < -0.3 is 15.4 Å². The molecule has 0 unspecified atom stereocenters. The SMILES string of the molecule is CC(C)(C)NC(=O)OC1CC(Nc2nc(Cl)ncc2[N+](=O)[O-])C1.O=[N+]([O-])c1cnc(Cl)nc1Cl. The summed E-state index contributed by atoms with van der Waals surface area (Å²) in [6, 6.07) is -0.0768. The van der Waals surface area contributed by atoms with E-state index in [1.54, 1.807) is 0 Å². The van der Waals surface area contributed by atoms with Crippen molar-refractivity contribution < 1.29 is 19.4 Å². The quantitative estimate of drug-likeness (QED) is 0.241. The van der Waals surface area contributed by atoms with E-state index in [1.807, 2.05) is 20.8 Å². The lowest BCUT2D eigenvalue weighted by molar-refractivity contribution is -0.385. The summed E-state index contributed by atoms with van der Waals surface area (Å²) in [6.45, 7) is 5.58. The van der Waals surface area contributed by atoms with Gasteiger partial charge in [0.15, 0.2) is 0 Å². The molecule has 34 heavy (non-hydrogen) atoms. The van der Waals surface area contributed by atoms with E-state index in [0.717, 1.165) is 12.4 Å². The molecule has 0 aromatic carbocycles. The summed E-state index contributed by atoms with van der Waals surface area (Å²) < 4.78 is 5.25. The van der Waals surface area contributed by atoms with Crippen LogP contribution < -0.4 is 10.6 Å². The van der Waals surface area contributed by atoms with Crippen molar-refractivity contribution in [1.82, 2.24) is 25.3 Å². The molecule has 1 amide bonds. The van der Waals surface area contributed by atoms with Crippen LogP contribution in [0.1, 0.15) is 33.6 Å². The normalized spacial score (nSPS) is 16.9. The zero-order valence-corrected chi connectivity index (χ0v) is 20.3. The van der Waals surface area contributed by atoms with Crippen molar-refractivity contribution in [1.29, 1.82) is 0 Å². The molecule has 0 atom stereocenters. The van der Waals surface area contributed by atoms with Crippen LogP contribution in [0.4, 0.5) is 22.0 Å². The summed E-state index contributed by atoms with van der Waals surface area (Å²) >= 11 is 16.3. The molecule has 17 heteroatoms. The number of nitrogens with zero attached hydrogens (tertiary/aromatic N) is 6. The Kier molecular flexibility index (Phi) is 9.06. The largest absolute Gasteiger partial charge is 0.446 e. The van der Waals surface area contributed by atoms with Crippen LogP contribution in [0.15, 0.2) is 12.4 Å². The lowest BCUT2D eigenvalue weighted by atomic mass is 9.89. The molecule has 2 aromatic heterocycles. The molecule has 0 radical (unpaired) electrons. The predicted molar refractivity (Wildman–Crippen MR) is 122 cm³/mol. The summed E-state index contributed by atoms with van der Waals surface area (Å²) in [4.78, 5) is 45.6. The summed E-state index contributed by atoms with van der Waals surface area (Å²) in [6.07, 6.45) is 2.38. The number of hydrogen-bond donors (Lipinski definition) is 2. The third-order valence-electron chi connectivity index (χ3n) is 4.02. The number of carbonyl (C=O) groups excluding carboxylic acids is 1. The number of amides is 1. The Morgan fingerprint density at radius 2 is 1.56 bits per heavy atom. The summed E-state index contributed by atoms with van der Waals surface area (Å²) in [5, 5.41) is 26.3. The maximum Gasteiger partial charge on any atom is 0.407 e. The van der Waals surface area contributed by atoms with Gasteiger partial charge in [-0.25, -0.2) is 14.8 Å². The molecule has 14 nitrogen and oxygen atoms in total. The van der Waals surface area contributed by atoms with E-state index in [4.69, 9.17) is 39.5 Å². The summed E-state index contributed by atoms with van der Waals surface area (Å²) in [5.41, 5.74) is -0.961. The molecule has 3 rings (SSSR count). The second kappa shape index (κ2) is 11.4. The van der Waals surface area contributed by atoms with E-state index in [2.05, 4.69) is 30.6 Å². The first-order valence-electron chi connectivity index (χ1n) is 9.50. The van der Waals surface area contributed by atoms with Gasteiger partial charge in [0.05, 0.1) is 9.85 Å². The number of nitrogens with one attached hydrogen (secondary N) is 2. The Bertz CT molecular complexity index is 1080. The fourth-order valence-corrected chi connectivity index (χ4v) is 3.02. The van der Waals surface area contributed by atoms with Gasteiger partial charge in [-0.15, -0.1) is 0 Å². The summed E-state index contributed by atoms with van der Waals surface area (Å²) in [5.74, 6) is 0.0672. The predicted octanol–water partition coefficient (Wildman–Crippen LogP) is 4.20. The Balaban J connectivity index is 0.000000310. The average Bonchev–Trinajstić information content (AvgIpc) is 2.64. The summed E-state index contributed by atoms with van der Waals surface area (Å²) in [7, 11) is 0. The highest BCUT2D eigenvalue weighted by Crippen LogP contribution is 2.30. The minimum absolute atomic E-state index is 0.0672. The van der Waals surface area contributed by atoms with Crippen molar-refractivity contribution in [3.63, 3.8) is 0 Å². The minimum atomic E-state index is -0.682. The van der Waals surface area contributed by atoms with E-state index in [1.165, 1.54) is 0 Å².